The summed E-state index contributed by atoms with van der Waals surface area (Å²) in [7, 11) is 2.22. The Morgan fingerprint density at radius 3 is 2.44 bits per heavy atom. The number of likely N-dealkylation sites (tertiary alicyclic amines) is 1. The Hall–Kier alpha value is -0.930. The number of rotatable bonds is 4. The SMILES string of the molecule is CC(NC(C)C1CCN(C)CC1)c1ccncc1. The number of hydrogen-bond acceptors (Lipinski definition) is 3. The van der Waals surface area contributed by atoms with Crippen LogP contribution in [0.25, 0.3) is 0 Å². The number of nitrogens with one attached hydrogen (secondary N) is 1. The molecule has 3 nitrogen and oxygen atoms in total. The van der Waals surface area contributed by atoms with Crippen LogP contribution in [0, 0.1) is 5.92 Å². The third-order valence-electron chi connectivity index (χ3n) is 4.19. The number of piperidine rings is 1. The molecule has 0 radical (unpaired) electrons. The molecule has 0 bridgehead atoms. The Morgan fingerprint density at radius 1 is 1.22 bits per heavy atom. The van der Waals surface area contributed by atoms with Crippen molar-refractivity contribution in [3.8, 4) is 0 Å². The van der Waals surface area contributed by atoms with Gasteiger partial charge in [-0.3, -0.25) is 4.98 Å². The zero-order chi connectivity index (χ0) is 13.0. The fourth-order valence-electron chi connectivity index (χ4n) is 2.81. The molecule has 0 aromatic carbocycles. The van der Waals surface area contributed by atoms with E-state index in [1.54, 1.807) is 0 Å². The number of hydrogen-bond donors (Lipinski definition) is 1. The smallest absolute Gasteiger partial charge is 0.0295 e. The fraction of sp³-hybridized carbons (Fsp3) is 0.667. The lowest BCUT2D eigenvalue weighted by atomic mass is 9.90. The molecule has 0 amide bonds. The molecule has 1 aliphatic heterocycles. The summed E-state index contributed by atoms with van der Waals surface area (Å²) >= 11 is 0. The summed E-state index contributed by atoms with van der Waals surface area (Å²) in [6.07, 6.45) is 6.36. The summed E-state index contributed by atoms with van der Waals surface area (Å²) in [5.41, 5.74) is 1.32. The summed E-state index contributed by atoms with van der Waals surface area (Å²) in [6, 6.07) is 5.18. The molecule has 3 heteroatoms. The maximum atomic E-state index is 4.07. The van der Waals surface area contributed by atoms with Gasteiger partial charge in [0.2, 0.25) is 0 Å². The average Bonchev–Trinajstić information content (AvgIpc) is 2.40. The Morgan fingerprint density at radius 2 is 1.83 bits per heavy atom. The van der Waals surface area contributed by atoms with E-state index in [2.05, 4.69) is 48.2 Å². The second-order valence-electron chi connectivity index (χ2n) is 5.60. The van der Waals surface area contributed by atoms with E-state index in [0.717, 1.165) is 5.92 Å². The van der Waals surface area contributed by atoms with Gasteiger partial charge in [0, 0.05) is 24.5 Å². The van der Waals surface area contributed by atoms with Crippen molar-refractivity contribution in [2.75, 3.05) is 20.1 Å². The summed E-state index contributed by atoms with van der Waals surface area (Å²) in [4.78, 5) is 6.50. The highest BCUT2D eigenvalue weighted by Gasteiger charge is 2.23. The van der Waals surface area contributed by atoms with Crippen molar-refractivity contribution in [2.24, 2.45) is 5.92 Å². The Balaban J connectivity index is 1.85. The molecule has 1 aromatic rings. The van der Waals surface area contributed by atoms with Crippen LogP contribution in [-0.4, -0.2) is 36.1 Å². The topological polar surface area (TPSA) is 28.2 Å². The lowest BCUT2D eigenvalue weighted by molar-refractivity contribution is 0.185. The van der Waals surface area contributed by atoms with Gasteiger partial charge in [0.15, 0.2) is 0 Å². The maximum absolute atomic E-state index is 4.07. The van der Waals surface area contributed by atoms with Gasteiger partial charge in [0.25, 0.3) is 0 Å². The number of pyridine rings is 1. The van der Waals surface area contributed by atoms with Crippen molar-refractivity contribution in [3.63, 3.8) is 0 Å². The molecule has 1 saturated heterocycles. The first kappa shape index (κ1) is 13.5. The first-order valence-electron chi connectivity index (χ1n) is 7.01. The van der Waals surface area contributed by atoms with Crippen LogP contribution in [0.2, 0.25) is 0 Å². The molecule has 1 aromatic heterocycles. The molecule has 2 heterocycles. The summed E-state index contributed by atoms with van der Waals surface area (Å²) in [6.45, 7) is 7.04. The zero-order valence-corrected chi connectivity index (χ0v) is 11.8. The van der Waals surface area contributed by atoms with Gasteiger partial charge in [-0.2, -0.15) is 0 Å². The van der Waals surface area contributed by atoms with Gasteiger partial charge in [0.1, 0.15) is 0 Å². The van der Waals surface area contributed by atoms with E-state index in [-0.39, 0.29) is 0 Å². The van der Waals surface area contributed by atoms with Crippen molar-refractivity contribution >= 4 is 0 Å². The Kier molecular flexibility index (Phi) is 4.72. The van der Waals surface area contributed by atoms with Crippen molar-refractivity contribution in [3.05, 3.63) is 30.1 Å². The second kappa shape index (κ2) is 6.30. The van der Waals surface area contributed by atoms with Gasteiger partial charge in [-0.15, -0.1) is 0 Å². The highest BCUT2D eigenvalue weighted by molar-refractivity contribution is 5.14. The predicted molar refractivity (Wildman–Crippen MR) is 75.5 cm³/mol. The van der Waals surface area contributed by atoms with E-state index in [1.165, 1.54) is 31.5 Å². The van der Waals surface area contributed by atoms with Crippen LogP contribution in [0.4, 0.5) is 0 Å². The quantitative estimate of drug-likeness (QED) is 0.886. The van der Waals surface area contributed by atoms with E-state index in [0.29, 0.717) is 12.1 Å². The summed E-state index contributed by atoms with van der Waals surface area (Å²) in [5, 5.41) is 3.73. The zero-order valence-electron chi connectivity index (χ0n) is 11.8. The lowest BCUT2D eigenvalue weighted by Gasteiger charge is -2.34. The minimum absolute atomic E-state index is 0.405. The van der Waals surface area contributed by atoms with Gasteiger partial charge in [-0.25, -0.2) is 0 Å². The van der Waals surface area contributed by atoms with E-state index in [4.69, 9.17) is 0 Å². The predicted octanol–water partition coefficient (Wildman–Crippen LogP) is 2.46. The van der Waals surface area contributed by atoms with Gasteiger partial charge >= 0.3 is 0 Å². The van der Waals surface area contributed by atoms with Crippen LogP contribution in [0.3, 0.4) is 0 Å². The minimum Gasteiger partial charge on any atom is -0.307 e. The van der Waals surface area contributed by atoms with Crippen molar-refractivity contribution in [1.29, 1.82) is 0 Å². The number of aromatic nitrogens is 1. The first-order valence-corrected chi connectivity index (χ1v) is 7.01. The van der Waals surface area contributed by atoms with Crippen LogP contribution in [0.1, 0.15) is 38.3 Å². The third kappa shape index (κ3) is 3.53. The van der Waals surface area contributed by atoms with Crippen LogP contribution in [-0.2, 0) is 0 Å². The van der Waals surface area contributed by atoms with Crippen LogP contribution in [0.5, 0.6) is 0 Å². The lowest BCUT2D eigenvalue weighted by Crippen LogP contribution is -2.41. The Bertz CT molecular complexity index is 344. The maximum Gasteiger partial charge on any atom is 0.0295 e. The molecule has 0 spiro atoms. The number of nitrogens with zero attached hydrogens (tertiary/aromatic N) is 2. The molecule has 2 rings (SSSR count). The average molecular weight is 247 g/mol. The normalized spacial score (nSPS) is 21.7. The molecule has 2 atom stereocenters. The Labute approximate surface area is 111 Å². The summed E-state index contributed by atoms with van der Waals surface area (Å²) in [5.74, 6) is 0.811. The molecular formula is C15H25N3. The monoisotopic (exact) mass is 247 g/mol. The van der Waals surface area contributed by atoms with Crippen molar-refractivity contribution in [1.82, 2.24) is 15.2 Å². The first-order chi connectivity index (χ1) is 8.66. The van der Waals surface area contributed by atoms with Crippen LogP contribution >= 0.6 is 0 Å². The third-order valence-corrected chi connectivity index (χ3v) is 4.19. The molecule has 1 N–H and O–H groups in total. The molecule has 0 aliphatic carbocycles. The van der Waals surface area contributed by atoms with Gasteiger partial charge in [-0.1, -0.05) is 0 Å². The molecular weight excluding hydrogens is 222 g/mol. The van der Waals surface area contributed by atoms with Crippen molar-refractivity contribution in [2.45, 2.75) is 38.8 Å². The summed E-state index contributed by atoms with van der Waals surface area (Å²) < 4.78 is 0. The van der Waals surface area contributed by atoms with Gasteiger partial charge in [-0.05, 0) is 70.4 Å². The molecule has 100 valence electrons. The minimum atomic E-state index is 0.405. The molecule has 2 unspecified atom stereocenters. The highest BCUT2D eigenvalue weighted by atomic mass is 15.1. The molecule has 1 fully saturated rings. The fourth-order valence-corrected chi connectivity index (χ4v) is 2.81. The van der Waals surface area contributed by atoms with Gasteiger partial charge < -0.3 is 10.2 Å². The van der Waals surface area contributed by atoms with E-state index < -0.39 is 0 Å². The van der Waals surface area contributed by atoms with E-state index >= 15 is 0 Å². The standard InChI is InChI=1S/C15H25N3/c1-12(14-4-8-16-9-5-14)17-13(2)15-6-10-18(3)11-7-15/h4-5,8-9,12-13,15,17H,6-7,10-11H2,1-3H3. The van der Waals surface area contributed by atoms with E-state index in [9.17, 15) is 0 Å². The highest BCUT2D eigenvalue weighted by Crippen LogP contribution is 2.22. The van der Waals surface area contributed by atoms with Crippen LogP contribution < -0.4 is 5.32 Å². The largest absolute Gasteiger partial charge is 0.307 e. The molecule has 0 saturated carbocycles. The second-order valence-corrected chi connectivity index (χ2v) is 5.60. The molecule has 1 aliphatic rings. The van der Waals surface area contributed by atoms with E-state index in [1.807, 2.05) is 12.4 Å². The van der Waals surface area contributed by atoms with Gasteiger partial charge in [0.05, 0.1) is 0 Å². The van der Waals surface area contributed by atoms with Crippen molar-refractivity contribution < 1.29 is 0 Å². The van der Waals surface area contributed by atoms with Crippen LogP contribution in [0.15, 0.2) is 24.5 Å². The molecule has 18 heavy (non-hydrogen) atoms.